The lowest BCUT2D eigenvalue weighted by molar-refractivity contribution is 0.370. The van der Waals surface area contributed by atoms with Gasteiger partial charge in [-0.25, -0.2) is 0 Å². The summed E-state index contributed by atoms with van der Waals surface area (Å²) in [5.41, 5.74) is 2.88. The van der Waals surface area contributed by atoms with Gasteiger partial charge in [-0.05, 0) is 49.2 Å². The van der Waals surface area contributed by atoms with Crippen LogP contribution >= 0.6 is 0 Å². The number of ether oxygens (including phenoxy) is 2. The van der Waals surface area contributed by atoms with Gasteiger partial charge in [-0.15, -0.1) is 0 Å². The van der Waals surface area contributed by atoms with E-state index in [0.29, 0.717) is 22.6 Å². The normalized spacial score (nSPS) is 10.4. The molecule has 106 valence electrons. The van der Waals surface area contributed by atoms with Gasteiger partial charge in [-0.3, -0.25) is 0 Å². The highest BCUT2D eigenvalue weighted by Crippen LogP contribution is 2.45. The van der Waals surface area contributed by atoms with Crippen LogP contribution in [0.15, 0.2) is 24.3 Å². The summed E-state index contributed by atoms with van der Waals surface area (Å²) >= 11 is 0. The monoisotopic (exact) mass is 274 g/mol. The number of phenolic OH excluding ortho intramolecular Hbond substituents is 2. The molecule has 2 aromatic carbocycles. The minimum atomic E-state index is 0.000975. The highest BCUT2D eigenvalue weighted by atomic mass is 16.5. The average molecular weight is 274 g/mol. The van der Waals surface area contributed by atoms with Gasteiger partial charge in [0.1, 0.15) is 0 Å². The fourth-order valence-electron chi connectivity index (χ4n) is 2.21. The summed E-state index contributed by atoms with van der Waals surface area (Å²) in [6, 6.07) is 7.07. The third kappa shape index (κ3) is 2.37. The molecule has 2 rings (SSSR count). The molecule has 2 aromatic rings. The largest absolute Gasteiger partial charge is 0.504 e. The number of benzene rings is 2. The Bertz CT molecular complexity index is 590. The second-order valence-electron chi connectivity index (χ2n) is 4.73. The molecule has 0 heterocycles. The molecule has 0 aliphatic rings. The summed E-state index contributed by atoms with van der Waals surface area (Å²) in [4.78, 5) is 0. The standard InChI is InChI=1S/C16H18O4/c1-9-5-11(15(17)13(7-9)19-3)12-6-10(2)8-14(20-4)16(12)18/h5-8,17-18H,1-4H3. The summed E-state index contributed by atoms with van der Waals surface area (Å²) in [5.74, 6) is 0.752. The highest BCUT2D eigenvalue weighted by Gasteiger charge is 2.17. The van der Waals surface area contributed by atoms with Gasteiger partial charge in [0.15, 0.2) is 23.0 Å². The van der Waals surface area contributed by atoms with Gasteiger partial charge in [0.2, 0.25) is 0 Å². The van der Waals surface area contributed by atoms with Gasteiger partial charge >= 0.3 is 0 Å². The van der Waals surface area contributed by atoms with Gasteiger partial charge < -0.3 is 19.7 Å². The summed E-state index contributed by atoms with van der Waals surface area (Å²) in [5, 5.41) is 20.5. The fraction of sp³-hybridized carbons (Fsp3) is 0.250. The van der Waals surface area contributed by atoms with E-state index in [1.54, 1.807) is 24.3 Å². The molecule has 20 heavy (non-hydrogen) atoms. The van der Waals surface area contributed by atoms with Crippen LogP contribution in [0.5, 0.6) is 23.0 Å². The van der Waals surface area contributed by atoms with E-state index in [1.807, 2.05) is 13.8 Å². The molecule has 0 aliphatic carbocycles. The molecule has 0 bridgehead atoms. The first kappa shape index (κ1) is 14.1. The second kappa shape index (κ2) is 5.33. The van der Waals surface area contributed by atoms with Crippen molar-refractivity contribution >= 4 is 0 Å². The summed E-state index contributed by atoms with van der Waals surface area (Å²) in [7, 11) is 2.99. The van der Waals surface area contributed by atoms with Crippen molar-refractivity contribution in [2.24, 2.45) is 0 Å². The van der Waals surface area contributed by atoms with Crippen molar-refractivity contribution in [3.63, 3.8) is 0 Å². The Morgan fingerprint density at radius 3 is 1.35 bits per heavy atom. The minimum Gasteiger partial charge on any atom is -0.504 e. The summed E-state index contributed by atoms with van der Waals surface area (Å²) in [6.07, 6.45) is 0. The number of hydrogen-bond donors (Lipinski definition) is 2. The zero-order chi connectivity index (χ0) is 14.9. The molecule has 2 N–H and O–H groups in total. The molecule has 0 atom stereocenters. The molecule has 0 fully saturated rings. The molecule has 0 aromatic heterocycles. The number of rotatable bonds is 3. The predicted molar refractivity (Wildman–Crippen MR) is 77.8 cm³/mol. The Morgan fingerprint density at radius 1 is 0.700 bits per heavy atom. The minimum absolute atomic E-state index is 0.000975. The Hall–Kier alpha value is -2.36. The molecule has 4 heteroatoms. The molecule has 0 saturated heterocycles. The fourth-order valence-corrected chi connectivity index (χ4v) is 2.21. The van der Waals surface area contributed by atoms with Crippen LogP contribution in [0.1, 0.15) is 11.1 Å². The van der Waals surface area contributed by atoms with Crippen LogP contribution < -0.4 is 9.47 Å². The van der Waals surface area contributed by atoms with Gasteiger partial charge in [0.05, 0.1) is 14.2 Å². The van der Waals surface area contributed by atoms with Gasteiger partial charge in [-0.1, -0.05) is 0 Å². The van der Waals surface area contributed by atoms with Crippen LogP contribution in [0.25, 0.3) is 11.1 Å². The van der Waals surface area contributed by atoms with E-state index in [0.717, 1.165) is 11.1 Å². The van der Waals surface area contributed by atoms with Gasteiger partial charge in [-0.2, -0.15) is 0 Å². The quantitative estimate of drug-likeness (QED) is 0.900. The van der Waals surface area contributed by atoms with Crippen LogP contribution in [-0.4, -0.2) is 24.4 Å². The molecular formula is C16H18O4. The molecule has 0 saturated carbocycles. The SMILES string of the molecule is COc1cc(C)cc(-c2cc(C)cc(OC)c2O)c1O. The van der Waals surface area contributed by atoms with E-state index < -0.39 is 0 Å². The lowest BCUT2D eigenvalue weighted by Gasteiger charge is -2.14. The van der Waals surface area contributed by atoms with Crippen molar-refractivity contribution in [3.05, 3.63) is 35.4 Å². The molecule has 0 spiro atoms. The first-order valence-corrected chi connectivity index (χ1v) is 6.23. The maximum atomic E-state index is 10.3. The Labute approximate surface area is 118 Å². The zero-order valence-electron chi connectivity index (χ0n) is 12.0. The molecular weight excluding hydrogens is 256 g/mol. The molecule has 0 radical (unpaired) electrons. The van der Waals surface area contributed by atoms with E-state index >= 15 is 0 Å². The van der Waals surface area contributed by atoms with Crippen LogP contribution in [0.4, 0.5) is 0 Å². The number of hydrogen-bond acceptors (Lipinski definition) is 4. The topological polar surface area (TPSA) is 58.9 Å². The van der Waals surface area contributed by atoms with Crippen molar-refractivity contribution in [3.8, 4) is 34.1 Å². The Kier molecular flexibility index (Phi) is 3.74. The first-order valence-electron chi connectivity index (χ1n) is 6.23. The predicted octanol–water partition coefficient (Wildman–Crippen LogP) is 3.40. The number of aryl methyl sites for hydroxylation is 2. The molecule has 0 aliphatic heterocycles. The number of phenols is 2. The molecule has 4 nitrogen and oxygen atoms in total. The van der Waals surface area contributed by atoms with E-state index in [1.165, 1.54) is 14.2 Å². The zero-order valence-corrected chi connectivity index (χ0v) is 12.0. The number of methoxy groups -OCH3 is 2. The Morgan fingerprint density at radius 2 is 1.05 bits per heavy atom. The van der Waals surface area contributed by atoms with Crippen molar-refractivity contribution in [1.29, 1.82) is 0 Å². The second-order valence-corrected chi connectivity index (χ2v) is 4.73. The Balaban J connectivity index is 2.74. The van der Waals surface area contributed by atoms with E-state index in [-0.39, 0.29) is 11.5 Å². The third-order valence-corrected chi connectivity index (χ3v) is 3.17. The molecule has 0 unspecified atom stereocenters. The van der Waals surface area contributed by atoms with Crippen molar-refractivity contribution < 1.29 is 19.7 Å². The lowest BCUT2D eigenvalue weighted by Crippen LogP contribution is -1.92. The van der Waals surface area contributed by atoms with Gasteiger partial charge in [0, 0.05) is 11.1 Å². The summed E-state index contributed by atoms with van der Waals surface area (Å²) in [6.45, 7) is 3.80. The molecule has 0 amide bonds. The first-order chi connectivity index (χ1) is 9.47. The smallest absolute Gasteiger partial charge is 0.165 e. The van der Waals surface area contributed by atoms with Crippen molar-refractivity contribution in [2.75, 3.05) is 14.2 Å². The van der Waals surface area contributed by atoms with Gasteiger partial charge in [0.25, 0.3) is 0 Å². The van der Waals surface area contributed by atoms with Crippen LogP contribution in [0, 0.1) is 13.8 Å². The highest BCUT2D eigenvalue weighted by molar-refractivity contribution is 5.81. The summed E-state index contributed by atoms with van der Waals surface area (Å²) < 4.78 is 10.3. The van der Waals surface area contributed by atoms with E-state index in [9.17, 15) is 10.2 Å². The van der Waals surface area contributed by atoms with Crippen molar-refractivity contribution in [2.45, 2.75) is 13.8 Å². The van der Waals surface area contributed by atoms with Crippen LogP contribution in [0.2, 0.25) is 0 Å². The lowest BCUT2D eigenvalue weighted by atomic mass is 9.98. The third-order valence-electron chi connectivity index (χ3n) is 3.17. The van der Waals surface area contributed by atoms with E-state index in [4.69, 9.17) is 9.47 Å². The van der Waals surface area contributed by atoms with Crippen LogP contribution in [-0.2, 0) is 0 Å². The van der Waals surface area contributed by atoms with Crippen molar-refractivity contribution in [1.82, 2.24) is 0 Å². The maximum absolute atomic E-state index is 10.3. The average Bonchev–Trinajstić information content (AvgIpc) is 2.43. The number of aromatic hydroxyl groups is 2. The van der Waals surface area contributed by atoms with Crippen LogP contribution in [0.3, 0.4) is 0 Å². The maximum Gasteiger partial charge on any atom is 0.165 e. The van der Waals surface area contributed by atoms with E-state index in [2.05, 4.69) is 0 Å².